The first-order chi connectivity index (χ1) is 10.1. The van der Waals surface area contributed by atoms with Gasteiger partial charge in [0.2, 0.25) is 0 Å². The number of hydrogen-bond acceptors (Lipinski definition) is 3. The lowest BCUT2D eigenvalue weighted by Crippen LogP contribution is -2.41. The summed E-state index contributed by atoms with van der Waals surface area (Å²) >= 11 is 3.46. The number of carbonyl (C=O) groups is 1. The number of amides is 1. The van der Waals surface area contributed by atoms with Crippen LogP contribution < -0.4 is 10.1 Å². The largest absolute Gasteiger partial charge is 0.483 e. The van der Waals surface area contributed by atoms with Crippen LogP contribution in [0.3, 0.4) is 0 Å². The van der Waals surface area contributed by atoms with Crippen molar-refractivity contribution in [3.63, 3.8) is 0 Å². The molecule has 1 aromatic rings. The number of carbonyl (C=O) groups excluding carboxylic acids is 1. The van der Waals surface area contributed by atoms with Crippen LogP contribution in [0.5, 0.6) is 5.75 Å². The van der Waals surface area contributed by atoms with E-state index in [2.05, 4.69) is 35.1 Å². The highest BCUT2D eigenvalue weighted by molar-refractivity contribution is 9.10. The summed E-state index contributed by atoms with van der Waals surface area (Å²) in [4.78, 5) is 11.9. The van der Waals surface area contributed by atoms with Gasteiger partial charge in [0.15, 0.2) is 6.61 Å². The lowest BCUT2D eigenvalue weighted by Gasteiger charge is -2.23. The van der Waals surface area contributed by atoms with E-state index in [1.54, 1.807) is 0 Å². The van der Waals surface area contributed by atoms with Crippen molar-refractivity contribution in [2.24, 2.45) is 0 Å². The molecule has 0 spiro atoms. The van der Waals surface area contributed by atoms with Gasteiger partial charge in [-0.25, -0.2) is 0 Å². The van der Waals surface area contributed by atoms with Gasteiger partial charge in [0.25, 0.3) is 5.91 Å². The van der Waals surface area contributed by atoms with Crippen LogP contribution in [0.25, 0.3) is 0 Å². The summed E-state index contributed by atoms with van der Waals surface area (Å²) in [7, 11) is 0. The molecule has 0 radical (unpaired) electrons. The summed E-state index contributed by atoms with van der Waals surface area (Å²) in [6.07, 6.45) is 1.75. The first-order valence-corrected chi connectivity index (χ1v) is 8.15. The van der Waals surface area contributed by atoms with Crippen LogP contribution in [0.15, 0.2) is 22.7 Å². The summed E-state index contributed by atoms with van der Waals surface area (Å²) in [6.45, 7) is 5.71. The molecule has 1 amide bonds. The highest BCUT2D eigenvalue weighted by Crippen LogP contribution is 2.29. The van der Waals surface area contributed by atoms with E-state index < -0.39 is 0 Å². The minimum absolute atomic E-state index is 0.0543. The van der Waals surface area contributed by atoms with Crippen molar-refractivity contribution in [2.75, 3.05) is 19.8 Å². The Hall–Kier alpha value is -1.07. The molecule has 4 nitrogen and oxygen atoms in total. The van der Waals surface area contributed by atoms with E-state index in [9.17, 15) is 4.79 Å². The van der Waals surface area contributed by atoms with Gasteiger partial charge in [-0.05, 0) is 42.5 Å². The normalized spacial score (nSPS) is 16.0. The molecule has 5 heteroatoms. The van der Waals surface area contributed by atoms with Gasteiger partial charge in [-0.2, -0.15) is 0 Å². The molecule has 1 fully saturated rings. The Bertz CT molecular complexity index is 484. The molecule has 0 unspecified atom stereocenters. The molecule has 2 rings (SSSR count). The van der Waals surface area contributed by atoms with E-state index in [1.807, 2.05) is 18.2 Å². The molecule has 0 aliphatic carbocycles. The Morgan fingerprint density at radius 1 is 1.43 bits per heavy atom. The number of hydrogen-bond donors (Lipinski definition) is 1. The third kappa shape index (κ3) is 5.00. The molecule has 1 N–H and O–H groups in total. The Morgan fingerprint density at radius 3 is 2.81 bits per heavy atom. The van der Waals surface area contributed by atoms with E-state index in [4.69, 9.17) is 9.47 Å². The van der Waals surface area contributed by atoms with Gasteiger partial charge in [-0.3, -0.25) is 4.79 Å². The zero-order chi connectivity index (χ0) is 15.2. The van der Waals surface area contributed by atoms with Gasteiger partial charge in [0.1, 0.15) is 5.75 Å². The predicted molar refractivity (Wildman–Crippen MR) is 85.7 cm³/mol. The van der Waals surface area contributed by atoms with E-state index >= 15 is 0 Å². The fourth-order valence-corrected chi connectivity index (χ4v) is 2.74. The third-order valence-corrected chi connectivity index (χ3v) is 4.03. The number of nitrogens with one attached hydrogen (secondary N) is 1. The van der Waals surface area contributed by atoms with Crippen LogP contribution in [0.2, 0.25) is 0 Å². The molecule has 1 aromatic carbocycles. The lowest BCUT2D eigenvalue weighted by atomic mass is 10.0. The smallest absolute Gasteiger partial charge is 0.258 e. The van der Waals surface area contributed by atoms with Crippen LogP contribution in [-0.4, -0.2) is 31.8 Å². The van der Waals surface area contributed by atoms with Crippen molar-refractivity contribution in [3.05, 3.63) is 28.2 Å². The highest BCUT2D eigenvalue weighted by atomic mass is 79.9. The number of halogens is 1. The number of rotatable bonds is 5. The fraction of sp³-hybridized carbons (Fsp3) is 0.562. The standard InChI is InChI=1S/C16H22BrNO3/c1-11(2)14-9-12(17)3-4-15(14)21-10-16(19)18-13-5-7-20-8-6-13/h3-4,9,11,13H,5-8,10H2,1-2H3,(H,18,19). The van der Waals surface area contributed by atoms with Gasteiger partial charge in [0.05, 0.1) is 0 Å². The summed E-state index contributed by atoms with van der Waals surface area (Å²) < 4.78 is 12.0. The topological polar surface area (TPSA) is 47.6 Å². The second kappa shape index (κ2) is 7.80. The van der Waals surface area contributed by atoms with Gasteiger partial charge in [-0.15, -0.1) is 0 Å². The van der Waals surface area contributed by atoms with Crippen molar-refractivity contribution in [1.82, 2.24) is 5.32 Å². The van der Waals surface area contributed by atoms with Crippen molar-refractivity contribution < 1.29 is 14.3 Å². The van der Waals surface area contributed by atoms with Crippen LogP contribution in [0.4, 0.5) is 0 Å². The quantitative estimate of drug-likeness (QED) is 0.881. The molecule has 116 valence electrons. The zero-order valence-corrected chi connectivity index (χ0v) is 14.1. The Balaban J connectivity index is 1.88. The molecule has 21 heavy (non-hydrogen) atoms. The maximum absolute atomic E-state index is 11.9. The van der Waals surface area contributed by atoms with Crippen LogP contribution in [0, 0.1) is 0 Å². The number of benzene rings is 1. The van der Waals surface area contributed by atoms with Gasteiger partial charge in [-0.1, -0.05) is 29.8 Å². The second-order valence-electron chi connectivity index (χ2n) is 5.58. The molecular weight excluding hydrogens is 334 g/mol. The average Bonchev–Trinajstić information content (AvgIpc) is 2.47. The first kappa shape index (κ1) is 16.3. The van der Waals surface area contributed by atoms with Crippen LogP contribution in [-0.2, 0) is 9.53 Å². The maximum Gasteiger partial charge on any atom is 0.258 e. The SMILES string of the molecule is CC(C)c1cc(Br)ccc1OCC(=O)NC1CCOCC1. The number of ether oxygens (including phenoxy) is 2. The first-order valence-electron chi connectivity index (χ1n) is 7.35. The Labute approximate surface area is 134 Å². The van der Waals surface area contributed by atoms with E-state index in [0.29, 0.717) is 5.92 Å². The minimum Gasteiger partial charge on any atom is -0.483 e. The molecule has 0 saturated carbocycles. The van der Waals surface area contributed by atoms with Crippen molar-refractivity contribution in [1.29, 1.82) is 0 Å². The van der Waals surface area contributed by atoms with Gasteiger partial charge >= 0.3 is 0 Å². The molecule has 0 atom stereocenters. The molecule has 0 bridgehead atoms. The van der Waals surface area contributed by atoms with Crippen molar-refractivity contribution >= 4 is 21.8 Å². The Morgan fingerprint density at radius 2 is 2.14 bits per heavy atom. The minimum atomic E-state index is -0.0699. The van der Waals surface area contributed by atoms with Gasteiger partial charge in [0, 0.05) is 23.7 Å². The summed E-state index contributed by atoms with van der Waals surface area (Å²) in [5, 5.41) is 3.00. The molecule has 1 aliphatic heterocycles. The zero-order valence-electron chi connectivity index (χ0n) is 12.5. The molecule has 1 heterocycles. The van der Waals surface area contributed by atoms with E-state index in [-0.39, 0.29) is 18.6 Å². The molecular formula is C16H22BrNO3. The maximum atomic E-state index is 11.9. The second-order valence-corrected chi connectivity index (χ2v) is 6.50. The average molecular weight is 356 g/mol. The van der Waals surface area contributed by atoms with E-state index in [0.717, 1.165) is 41.8 Å². The van der Waals surface area contributed by atoms with Crippen LogP contribution >= 0.6 is 15.9 Å². The fourth-order valence-electron chi connectivity index (χ4n) is 2.36. The summed E-state index contributed by atoms with van der Waals surface area (Å²) in [6, 6.07) is 6.08. The summed E-state index contributed by atoms with van der Waals surface area (Å²) in [5.74, 6) is 1.05. The van der Waals surface area contributed by atoms with Gasteiger partial charge < -0.3 is 14.8 Å². The van der Waals surface area contributed by atoms with Crippen molar-refractivity contribution in [3.8, 4) is 5.75 Å². The molecule has 0 aromatic heterocycles. The monoisotopic (exact) mass is 355 g/mol. The lowest BCUT2D eigenvalue weighted by molar-refractivity contribution is -0.124. The molecule has 1 saturated heterocycles. The summed E-state index contributed by atoms with van der Waals surface area (Å²) in [5.41, 5.74) is 1.10. The highest BCUT2D eigenvalue weighted by Gasteiger charge is 2.17. The van der Waals surface area contributed by atoms with Crippen LogP contribution in [0.1, 0.15) is 38.2 Å². The Kier molecular flexibility index (Phi) is 6.06. The third-order valence-electron chi connectivity index (χ3n) is 3.54. The predicted octanol–water partition coefficient (Wildman–Crippen LogP) is 3.25. The van der Waals surface area contributed by atoms with E-state index in [1.165, 1.54) is 0 Å². The molecule has 1 aliphatic rings. The van der Waals surface area contributed by atoms with Crippen molar-refractivity contribution in [2.45, 2.75) is 38.6 Å².